The fourth-order valence-electron chi connectivity index (χ4n) is 4.14. The number of anilines is 2. The standard InChI is InChI=1S/C24H25N5O5/c1-3-32-17-7-5-4-6-16(17)26-23(31)21-14(2)25-24-27-20(13-30)28-29(24)22(21)15-8-9-18-19(12-15)34-11-10-33-18/h4-9,12,22,30H,3,10-11,13H2,1-2H3,(H,26,31)(H,25,27,28). The van der Waals surface area contributed by atoms with Crippen molar-refractivity contribution in [3.63, 3.8) is 0 Å². The summed E-state index contributed by atoms with van der Waals surface area (Å²) in [5.74, 6) is 2.21. The first-order valence-electron chi connectivity index (χ1n) is 11.1. The van der Waals surface area contributed by atoms with Crippen molar-refractivity contribution in [2.24, 2.45) is 0 Å². The van der Waals surface area contributed by atoms with Gasteiger partial charge in [0.05, 0.1) is 17.9 Å². The molecule has 0 fully saturated rings. The molecule has 3 aromatic rings. The van der Waals surface area contributed by atoms with Crippen LogP contribution in [0, 0.1) is 0 Å². The summed E-state index contributed by atoms with van der Waals surface area (Å²) in [5.41, 5.74) is 2.40. The largest absolute Gasteiger partial charge is 0.492 e. The number of nitrogens with one attached hydrogen (secondary N) is 2. The van der Waals surface area contributed by atoms with E-state index in [1.165, 1.54) is 0 Å². The van der Waals surface area contributed by atoms with Gasteiger partial charge in [-0.15, -0.1) is 0 Å². The van der Waals surface area contributed by atoms with Gasteiger partial charge in [-0.3, -0.25) is 4.79 Å². The lowest BCUT2D eigenvalue weighted by molar-refractivity contribution is -0.113. The number of hydrogen-bond donors (Lipinski definition) is 3. The van der Waals surface area contributed by atoms with Crippen LogP contribution in [-0.2, 0) is 11.4 Å². The van der Waals surface area contributed by atoms with Crippen LogP contribution in [-0.4, -0.2) is 45.6 Å². The van der Waals surface area contributed by atoms with Crippen LogP contribution in [0.3, 0.4) is 0 Å². The van der Waals surface area contributed by atoms with Crippen LogP contribution in [0.2, 0.25) is 0 Å². The molecule has 0 radical (unpaired) electrons. The zero-order chi connectivity index (χ0) is 23.7. The Morgan fingerprint density at radius 3 is 2.82 bits per heavy atom. The van der Waals surface area contributed by atoms with Crippen LogP contribution in [0.4, 0.5) is 11.6 Å². The second-order valence-corrected chi connectivity index (χ2v) is 7.81. The molecule has 2 aliphatic rings. The van der Waals surface area contributed by atoms with Crippen molar-refractivity contribution in [1.29, 1.82) is 0 Å². The molecule has 3 N–H and O–H groups in total. The predicted molar refractivity (Wildman–Crippen MR) is 124 cm³/mol. The van der Waals surface area contributed by atoms with Crippen LogP contribution >= 0.6 is 0 Å². The van der Waals surface area contributed by atoms with E-state index in [1.54, 1.807) is 16.8 Å². The molecule has 0 saturated carbocycles. The van der Waals surface area contributed by atoms with Crippen LogP contribution in [0.15, 0.2) is 53.7 Å². The summed E-state index contributed by atoms with van der Waals surface area (Å²) < 4.78 is 18.7. The average molecular weight is 463 g/mol. The first-order chi connectivity index (χ1) is 16.6. The molecular weight excluding hydrogens is 438 g/mol. The topological polar surface area (TPSA) is 120 Å². The quantitative estimate of drug-likeness (QED) is 0.511. The van der Waals surface area contributed by atoms with E-state index in [2.05, 4.69) is 20.7 Å². The maximum absolute atomic E-state index is 13.7. The molecule has 1 aromatic heterocycles. The Morgan fingerprint density at radius 2 is 2.03 bits per heavy atom. The van der Waals surface area contributed by atoms with Crippen molar-refractivity contribution in [2.45, 2.75) is 26.5 Å². The number of hydrogen-bond acceptors (Lipinski definition) is 8. The molecule has 0 spiro atoms. The molecule has 34 heavy (non-hydrogen) atoms. The van der Waals surface area contributed by atoms with E-state index < -0.39 is 6.04 Å². The van der Waals surface area contributed by atoms with E-state index in [9.17, 15) is 9.90 Å². The first-order valence-corrected chi connectivity index (χ1v) is 11.1. The van der Waals surface area contributed by atoms with Gasteiger partial charge in [-0.05, 0) is 43.7 Å². The van der Waals surface area contributed by atoms with Gasteiger partial charge in [0.15, 0.2) is 17.3 Å². The highest BCUT2D eigenvalue weighted by Gasteiger charge is 2.35. The highest BCUT2D eigenvalue weighted by molar-refractivity contribution is 6.06. The number of allylic oxidation sites excluding steroid dienone is 1. The maximum Gasteiger partial charge on any atom is 0.255 e. The second-order valence-electron chi connectivity index (χ2n) is 7.81. The number of para-hydroxylation sites is 2. The minimum atomic E-state index is -0.612. The Morgan fingerprint density at radius 1 is 1.24 bits per heavy atom. The van der Waals surface area contributed by atoms with Gasteiger partial charge in [-0.1, -0.05) is 18.2 Å². The number of carbonyl (C=O) groups is 1. The van der Waals surface area contributed by atoms with Crippen LogP contribution in [0.1, 0.15) is 31.3 Å². The molecule has 3 heterocycles. The summed E-state index contributed by atoms with van der Waals surface area (Å²) >= 11 is 0. The maximum atomic E-state index is 13.7. The lowest BCUT2D eigenvalue weighted by atomic mass is 9.94. The summed E-state index contributed by atoms with van der Waals surface area (Å²) in [6.45, 7) is 4.78. The molecule has 5 rings (SSSR count). The van der Waals surface area contributed by atoms with E-state index >= 15 is 0 Å². The zero-order valence-corrected chi connectivity index (χ0v) is 18.9. The summed E-state index contributed by atoms with van der Waals surface area (Å²) in [7, 11) is 0. The van der Waals surface area contributed by atoms with E-state index in [1.807, 2.05) is 44.2 Å². The van der Waals surface area contributed by atoms with Crippen molar-refractivity contribution in [3.8, 4) is 17.2 Å². The van der Waals surface area contributed by atoms with Gasteiger partial charge in [0.1, 0.15) is 31.6 Å². The van der Waals surface area contributed by atoms with Gasteiger partial charge in [-0.25, -0.2) is 4.68 Å². The van der Waals surface area contributed by atoms with E-state index in [4.69, 9.17) is 14.2 Å². The van der Waals surface area contributed by atoms with Crippen molar-refractivity contribution in [3.05, 3.63) is 65.1 Å². The molecule has 1 atom stereocenters. The Balaban J connectivity index is 1.57. The number of amides is 1. The molecule has 1 unspecified atom stereocenters. The Labute approximate surface area is 196 Å². The van der Waals surface area contributed by atoms with Gasteiger partial charge < -0.3 is 30.0 Å². The number of rotatable bonds is 6. The van der Waals surface area contributed by atoms with E-state index in [0.29, 0.717) is 60.0 Å². The lowest BCUT2D eigenvalue weighted by Crippen LogP contribution is -2.31. The van der Waals surface area contributed by atoms with Crippen molar-refractivity contribution >= 4 is 17.5 Å². The number of benzene rings is 2. The smallest absolute Gasteiger partial charge is 0.255 e. The Kier molecular flexibility index (Phi) is 5.81. The molecule has 10 nitrogen and oxygen atoms in total. The highest BCUT2D eigenvalue weighted by Crippen LogP contribution is 2.40. The number of fused-ring (bicyclic) bond motifs is 2. The Hall–Kier alpha value is -4.05. The summed E-state index contributed by atoms with van der Waals surface area (Å²) in [5, 5.41) is 20.2. The van der Waals surface area contributed by atoms with Crippen molar-refractivity contribution < 1.29 is 24.1 Å². The van der Waals surface area contributed by atoms with Gasteiger partial charge in [0, 0.05) is 5.70 Å². The van der Waals surface area contributed by atoms with Gasteiger partial charge >= 0.3 is 0 Å². The van der Waals surface area contributed by atoms with Crippen molar-refractivity contribution in [1.82, 2.24) is 14.8 Å². The molecule has 176 valence electrons. The predicted octanol–water partition coefficient (Wildman–Crippen LogP) is 2.87. The monoisotopic (exact) mass is 463 g/mol. The second kappa shape index (κ2) is 9.06. The molecular formula is C24H25N5O5. The first kappa shape index (κ1) is 21.8. The van der Waals surface area contributed by atoms with Crippen LogP contribution in [0.5, 0.6) is 17.2 Å². The summed E-state index contributed by atoms with van der Waals surface area (Å²) in [6, 6.07) is 12.2. The number of aliphatic hydroxyl groups excluding tert-OH is 1. The SMILES string of the molecule is CCOc1ccccc1NC(=O)C1=C(C)Nc2nc(CO)nn2C1c1ccc2c(c1)OCCO2. The molecule has 2 aromatic carbocycles. The number of aliphatic hydroxyl groups is 1. The third kappa shape index (κ3) is 3.92. The molecule has 0 bridgehead atoms. The number of aromatic nitrogens is 3. The third-order valence-corrected chi connectivity index (χ3v) is 5.60. The fraction of sp³-hybridized carbons (Fsp3) is 0.292. The molecule has 10 heteroatoms. The third-order valence-electron chi connectivity index (χ3n) is 5.60. The fourth-order valence-corrected chi connectivity index (χ4v) is 4.14. The highest BCUT2D eigenvalue weighted by atomic mass is 16.6. The Bertz CT molecular complexity index is 1270. The molecule has 0 saturated heterocycles. The number of ether oxygens (including phenoxy) is 3. The minimum Gasteiger partial charge on any atom is -0.492 e. The lowest BCUT2D eigenvalue weighted by Gasteiger charge is -2.29. The van der Waals surface area contributed by atoms with E-state index in [0.717, 1.165) is 5.56 Å². The molecule has 2 aliphatic heterocycles. The molecule has 1 amide bonds. The average Bonchev–Trinajstić information content (AvgIpc) is 3.27. The number of carbonyl (C=O) groups excluding carboxylic acids is 1. The van der Waals surface area contributed by atoms with Crippen LogP contribution < -0.4 is 24.8 Å². The normalized spacial score (nSPS) is 16.5. The summed E-state index contributed by atoms with van der Waals surface area (Å²) in [6.07, 6.45) is 0. The van der Waals surface area contributed by atoms with Crippen LogP contribution in [0.25, 0.3) is 0 Å². The van der Waals surface area contributed by atoms with E-state index in [-0.39, 0.29) is 18.3 Å². The van der Waals surface area contributed by atoms with Gasteiger partial charge in [0.25, 0.3) is 5.91 Å². The summed E-state index contributed by atoms with van der Waals surface area (Å²) in [4.78, 5) is 18.0. The minimum absolute atomic E-state index is 0.251. The number of nitrogens with zero attached hydrogens (tertiary/aromatic N) is 3. The van der Waals surface area contributed by atoms with Gasteiger partial charge in [0.2, 0.25) is 5.95 Å². The van der Waals surface area contributed by atoms with Crippen molar-refractivity contribution in [2.75, 3.05) is 30.5 Å². The molecule has 0 aliphatic carbocycles. The van der Waals surface area contributed by atoms with Gasteiger partial charge in [-0.2, -0.15) is 10.1 Å². The zero-order valence-electron chi connectivity index (χ0n) is 18.9.